The minimum atomic E-state index is -4.40. The summed E-state index contributed by atoms with van der Waals surface area (Å²) < 4.78 is 45.1. The van der Waals surface area contributed by atoms with Gasteiger partial charge in [0.2, 0.25) is 5.88 Å². The lowest BCUT2D eigenvalue weighted by Crippen LogP contribution is -2.31. The van der Waals surface area contributed by atoms with Crippen LogP contribution in [0, 0.1) is 0 Å². The van der Waals surface area contributed by atoms with E-state index in [0.717, 1.165) is 17.7 Å². The molecule has 0 radical (unpaired) electrons. The van der Waals surface area contributed by atoms with Gasteiger partial charge < -0.3 is 10.5 Å². The number of methoxy groups -OCH3 is 1. The molecule has 1 aromatic heterocycles. The molecule has 0 aliphatic rings. The molecule has 2 atom stereocenters. The maximum atomic E-state index is 12.8. The Bertz CT molecular complexity index is 973. The van der Waals surface area contributed by atoms with E-state index < -0.39 is 17.9 Å². The van der Waals surface area contributed by atoms with Gasteiger partial charge in [0.25, 0.3) is 0 Å². The minimum Gasteiger partial charge on any atom is -0.481 e. The zero-order valence-electron chi connectivity index (χ0n) is 15.7. The van der Waals surface area contributed by atoms with Crippen molar-refractivity contribution >= 4 is 11.6 Å². The Morgan fingerprint density at radius 2 is 1.83 bits per heavy atom. The maximum Gasteiger partial charge on any atom is 0.416 e. The molecule has 0 amide bonds. The van der Waals surface area contributed by atoms with Crippen LogP contribution < -0.4 is 15.8 Å². The van der Waals surface area contributed by atoms with Gasteiger partial charge in [0.05, 0.1) is 36.3 Å². The van der Waals surface area contributed by atoms with Crippen LogP contribution in [0.5, 0.6) is 5.88 Å². The van der Waals surface area contributed by atoms with Gasteiger partial charge in [0.15, 0.2) is 0 Å². The summed E-state index contributed by atoms with van der Waals surface area (Å²) in [6, 6.07) is 13.4. The van der Waals surface area contributed by atoms with Crippen LogP contribution in [0.1, 0.15) is 36.0 Å². The fourth-order valence-electron chi connectivity index (χ4n) is 2.87. The first-order valence-corrected chi connectivity index (χ1v) is 9.15. The maximum absolute atomic E-state index is 12.8. The van der Waals surface area contributed by atoms with E-state index in [-0.39, 0.29) is 6.04 Å². The Hall–Kier alpha value is -2.55. The fraction of sp³-hybridized carbons (Fsp3) is 0.250. The molecule has 2 aromatic carbocycles. The Labute approximate surface area is 171 Å². The monoisotopic (exact) mass is 424 g/mol. The number of aromatic nitrogens is 2. The molecule has 154 valence electrons. The van der Waals surface area contributed by atoms with Gasteiger partial charge in [-0.2, -0.15) is 18.3 Å². The molecule has 29 heavy (non-hydrogen) atoms. The van der Waals surface area contributed by atoms with Gasteiger partial charge in [0.1, 0.15) is 0 Å². The Morgan fingerprint density at radius 3 is 2.41 bits per heavy atom. The Balaban J connectivity index is 1.82. The van der Waals surface area contributed by atoms with Gasteiger partial charge in [-0.15, -0.1) is 0 Å². The van der Waals surface area contributed by atoms with Gasteiger partial charge in [-0.1, -0.05) is 23.7 Å². The minimum absolute atomic E-state index is 0.256. The third-order valence-corrected chi connectivity index (χ3v) is 4.66. The highest BCUT2D eigenvalue weighted by Gasteiger charge is 2.30. The van der Waals surface area contributed by atoms with Crippen molar-refractivity contribution in [2.75, 3.05) is 7.11 Å². The number of nitrogens with zero attached hydrogens (tertiary/aromatic N) is 2. The molecule has 5 nitrogen and oxygen atoms in total. The summed E-state index contributed by atoms with van der Waals surface area (Å²) in [5.41, 5.74) is 7.37. The molecule has 0 bridgehead atoms. The molecule has 0 saturated heterocycles. The van der Waals surface area contributed by atoms with Gasteiger partial charge in [-0.3, -0.25) is 5.32 Å². The standard InChI is InChI=1S/C20H20ClF3N4O/c1-12(26-19(25)13-4-3-5-15(21)10-13)17-11-18(29-2)28(27-17)16-8-6-14(7-9-16)20(22,23)24/h3-12,19,26H,25H2,1-2H3/t12?,19-/m0/s1. The SMILES string of the molecule is COc1cc(C(C)N[C@H](N)c2cccc(Cl)c2)nn1-c1ccc(C(F)(F)F)cc1. The molecule has 0 saturated carbocycles. The first-order valence-electron chi connectivity index (χ1n) is 8.77. The lowest BCUT2D eigenvalue weighted by molar-refractivity contribution is -0.137. The van der Waals surface area contributed by atoms with E-state index in [1.165, 1.54) is 23.9 Å². The van der Waals surface area contributed by atoms with Crippen LogP contribution in [0.25, 0.3) is 5.69 Å². The van der Waals surface area contributed by atoms with E-state index in [1.807, 2.05) is 19.1 Å². The summed E-state index contributed by atoms with van der Waals surface area (Å²) in [6.07, 6.45) is -4.88. The first kappa shape index (κ1) is 21.2. The lowest BCUT2D eigenvalue weighted by Gasteiger charge is -2.19. The summed E-state index contributed by atoms with van der Waals surface area (Å²) in [5.74, 6) is 0.393. The fourth-order valence-corrected chi connectivity index (χ4v) is 3.06. The average molecular weight is 425 g/mol. The molecular weight excluding hydrogens is 405 g/mol. The third kappa shape index (κ3) is 4.90. The van der Waals surface area contributed by atoms with E-state index in [1.54, 1.807) is 18.2 Å². The predicted octanol–water partition coefficient (Wildman–Crippen LogP) is 4.86. The average Bonchev–Trinajstić information content (AvgIpc) is 3.12. The van der Waals surface area contributed by atoms with E-state index in [0.29, 0.717) is 22.3 Å². The molecule has 0 spiro atoms. The van der Waals surface area contributed by atoms with Crippen molar-refractivity contribution < 1.29 is 17.9 Å². The van der Waals surface area contributed by atoms with Crippen molar-refractivity contribution in [3.63, 3.8) is 0 Å². The summed E-state index contributed by atoms with van der Waals surface area (Å²) in [6.45, 7) is 1.88. The van der Waals surface area contributed by atoms with Crippen molar-refractivity contribution in [1.29, 1.82) is 0 Å². The van der Waals surface area contributed by atoms with E-state index in [9.17, 15) is 13.2 Å². The number of nitrogens with two attached hydrogens (primary N) is 1. The summed E-state index contributed by atoms with van der Waals surface area (Å²) >= 11 is 6.01. The molecular formula is C20H20ClF3N4O. The molecule has 0 fully saturated rings. The van der Waals surface area contributed by atoms with Gasteiger partial charge >= 0.3 is 6.18 Å². The van der Waals surface area contributed by atoms with Gasteiger partial charge in [-0.25, -0.2) is 4.68 Å². The van der Waals surface area contributed by atoms with Crippen molar-refractivity contribution in [1.82, 2.24) is 15.1 Å². The number of hydrogen-bond donors (Lipinski definition) is 2. The molecule has 0 aliphatic carbocycles. The van der Waals surface area contributed by atoms with Crippen LogP contribution in [0.3, 0.4) is 0 Å². The Morgan fingerprint density at radius 1 is 1.14 bits per heavy atom. The van der Waals surface area contributed by atoms with E-state index in [2.05, 4.69) is 10.4 Å². The van der Waals surface area contributed by atoms with Crippen molar-refractivity contribution in [2.24, 2.45) is 5.73 Å². The smallest absolute Gasteiger partial charge is 0.416 e. The number of benzene rings is 2. The number of nitrogens with one attached hydrogen (secondary N) is 1. The number of halogens is 4. The summed E-state index contributed by atoms with van der Waals surface area (Å²) in [4.78, 5) is 0. The van der Waals surface area contributed by atoms with E-state index in [4.69, 9.17) is 22.1 Å². The number of hydrogen-bond acceptors (Lipinski definition) is 4. The Kier molecular flexibility index (Phi) is 6.16. The van der Waals surface area contributed by atoms with Crippen molar-refractivity contribution in [3.8, 4) is 11.6 Å². The van der Waals surface area contributed by atoms with Gasteiger partial charge in [0, 0.05) is 11.1 Å². The van der Waals surface area contributed by atoms with Crippen LogP contribution in [-0.4, -0.2) is 16.9 Å². The van der Waals surface area contributed by atoms with Crippen molar-refractivity contribution in [2.45, 2.75) is 25.3 Å². The second-order valence-corrected chi connectivity index (χ2v) is 6.93. The number of ether oxygens (including phenoxy) is 1. The molecule has 1 unspecified atom stereocenters. The van der Waals surface area contributed by atoms with Gasteiger partial charge in [-0.05, 0) is 48.9 Å². The normalized spacial score (nSPS) is 13.9. The molecule has 3 aromatic rings. The topological polar surface area (TPSA) is 65.1 Å². The first-order chi connectivity index (χ1) is 13.7. The van der Waals surface area contributed by atoms with E-state index >= 15 is 0 Å². The highest BCUT2D eigenvalue weighted by atomic mass is 35.5. The van der Waals surface area contributed by atoms with Crippen molar-refractivity contribution in [3.05, 3.63) is 76.4 Å². The zero-order valence-corrected chi connectivity index (χ0v) is 16.5. The zero-order chi connectivity index (χ0) is 21.2. The van der Waals surface area contributed by atoms with Crippen LogP contribution in [0.2, 0.25) is 5.02 Å². The molecule has 0 aliphatic heterocycles. The second kappa shape index (κ2) is 8.44. The number of rotatable bonds is 6. The van der Waals surface area contributed by atoms with Crippen LogP contribution in [-0.2, 0) is 6.18 Å². The van der Waals surface area contributed by atoms with Crippen LogP contribution >= 0.6 is 11.6 Å². The molecule has 3 rings (SSSR count). The van der Waals surface area contributed by atoms with Crippen LogP contribution in [0.4, 0.5) is 13.2 Å². The quantitative estimate of drug-likeness (QED) is 0.554. The largest absolute Gasteiger partial charge is 0.481 e. The summed E-state index contributed by atoms with van der Waals surface area (Å²) in [7, 11) is 1.47. The van der Waals surface area contributed by atoms with Crippen LogP contribution in [0.15, 0.2) is 54.6 Å². The molecule has 9 heteroatoms. The predicted molar refractivity (Wildman–Crippen MR) is 105 cm³/mol. The number of alkyl halides is 3. The highest BCUT2D eigenvalue weighted by molar-refractivity contribution is 6.30. The molecule has 3 N–H and O–H groups in total. The molecule has 1 heterocycles. The summed E-state index contributed by atoms with van der Waals surface area (Å²) in [5, 5.41) is 8.28. The lowest BCUT2D eigenvalue weighted by atomic mass is 10.1. The third-order valence-electron chi connectivity index (χ3n) is 4.42. The highest BCUT2D eigenvalue weighted by Crippen LogP contribution is 2.31. The second-order valence-electron chi connectivity index (χ2n) is 6.49.